The Hall–Kier alpha value is -1.66. The summed E-state index contributed by atoms with van der Waals surface area (Å²) in [4.78, 5) is 12.1. The van der Waals surface area contributed by atoms with E-state index >= 15 is 0 Å². The standard InChI is InChI=1S/C19H21O2P/c1-19(14-8-9-16(20)15-19)22(21,17-10-4-2-5-11-17)18-12-6-3-7-13-18/h2-7,10-13H,8-9,14-15H2,1H3/t19-/m1/s1. The van der Waals surface area contributed by atoms with Gasteiger partial charge in [0.15, 0.2) is 0 Å². The number of benzene rings is 2. The molecule has 0 radical (unpaired) electrons. The fraction of sp³-hybridized carbons (Fsp3) is 0.316. The maximum Gasteiger partial charge on any atom is 0.149 e. The molecule has 1 saturated carbocycles. The number of carbonyl (C=O) groups is 1. The highest BCUT2D eigenvalue weighted by Gasteiger charge is 2.48. The number of rotatable bonds is 3. The van der Waals surface area contributed by atoms with E-state index < -0.39 is 12.3 Å². The first-order chi connectivity index (χ1) is 10.6. The summed E-state index contributed by atoms with van der Waals surface area (Å²) in [5.74, 6) is 0.237. The molecule has 1 aliphatic rings. The number of hydrogen-bond acceptors (Lipinski definition) is 2. The van der Waals surface area contributed by atoms with E-state index in [1.54, 1.807) is 0 Å². The Balaban J connectivity index is 2.20. The van der Waals surface area contributed by atoms with Crippen molar-refractivity contribution in [1.82, 2.24) is 0 Å². The average Bonchev–Trinajstić information content (AvgIpc) is 2.55. The lowest BCUT2D eigenvalue weighted by molar-refractivity contribution is -0.120. The summed E-state index contributed by atoms with van der Waals surface area (Å²) in [5.41, 5.74) is 0. The van der Waals surface area contributed by atoms with Crippen LogP contribution in [-0.4, -0.2) is 10.9 Å². The molecule has 0 amide bonds. The van der Waals surface area contributed by atoms with Gasteiger partial charge in [0.05, 0.1) is 0 Å². The van der Waals surface area contributed by atoms with Crippen LogP contribution in [0.2, 0.25) is 0 Å². The summed E-state index contributed by atoms with van der Waals surface area (Å²) in [5, 5.41) is 1.24. The van der Waals surface area contributed by atoms with Gasteiger partial charge >= 0.3 is 0 Å². The van der Waals surface area contributed by atoms with Crippen molar-refractivity contribution in [3.8, 4) is 0 Å². The normalized spacial score (nSPS) is 22.5. The van der Waals surface area contributed by atoms with Crippen molar-refractivity contribution in [2.75, 3.05) is 0 Å². The molecule has 1 atom stereocenters. The minimum Gasteiger partial charge on any atom is -0.313 e. The Morgan fingerprint density at radius 1 is 0.909 bits per heavy atom. The van der Waals surface area contributed by atoms with Gasteiger partial charge < -0.3 is 4.57 Å². The molecule has 0 spiro atoms. The second-order valence-electron chi connectivity index (χ2n) is 6.35. The predicted octanol–water partition coefficient (Wildman–Crippen LogP) is 3.90. The SMILES string of the molecule is C[C@@]1(P(=O)(c2ccccc2)c2ccccc2)CCCC(=O)C1. The van der Waals surface area contributed by atoms with E-state index in [0.717, 1.165) is 23.5 Å². The van der Waals surface area contributed by atoms with Crippen LogP contribution in [0.5, 0.6) is 0 Å². The lowest BCUT2D eigenvalue weighted by atomic mass is 9.89. The van der Waals surface area contributed by atoms with E-state index in [2.05, 4.69) is 0 Å². The van der Waals surface area contributed by atoms with Gasteiger partial charge in [-0.25, -0.2) is 0 Å². The molecule has 3 rings (SSSR count). The largest absolute Gasteiger partial charge is 0.313 e. The molecule has 0 unspecified atom stereocenters. The second-order valence-corrected chi connectivity index (χ2v) is 9.68. The third-order valence-electron chi connectivity index (χ3n) is 4.75. The highest BCUT2D eigenvalue weighted by atomic mass is 31.2. The molecule has 0 heterocycles. The maximum atomic E-state index is 14.3. The van der Waals surface area contributed by atoms with Crippen LogP contribution in [0, 0.1) is 0 Å². The number of carbonyl (C=O) groups excluding carboxylic acids is 1. The van der Waals surface area contributed by atoms with Crippen LogP contribution in [0.3, 0.4) is 0 Å². The molecule has 0 bridgehead atoms. The molecule has 0 saturated heterocycles. The minimum atomic E-state index is -2.87. The fourth-order valence-corrected chi connectivity index (χ4v) is 7.19. The highest BCUT2D eigenvalue weighted by Crippen LogP contribution is 2.61. The van der Waals surface area contributed by atoms with Gasteiger partial charge in [0, 0.05) is 28.6 Å². The van der Waals surface area contributed by atoms with Crippen molar-refractivity contribution in [2.45, 2.75) is 37.8 Å². The first kappa shape index (κ1) is 15.2. The van der Waals surface area contributed by atoms with Crippen LogP contribution in [0.1, 0.15) is 32.6 Å². The van der Waals surface area contributed by atoms with E-state index in [4.69, 9.17) is 0 Å². The summed E-state index contributed by atoms with van der Waals surface area (Å²) < 4.78 is 14.3. The van der Waals surface area contributed by atoms with Gasteiger partial charge in [-0.2, -0.15) is 0 Å². The van der Waals surface area contributed by atoms with Gasteiger partial charge in [0.2, 0.25) is 0 Å². The summed E-state index contributed by atoms with van der Waals surface area (Å²) in [6.07, 6.45) is 2.70. The topological polar surface area (TPSA) is 34.1 Å². The molecular weight excluding hydrogens is 291 g/mol. The Morgan fingerprint density at radius 2 is 1.41 bits per heavy atom. The smallest absolute Gasteiger partial charge is 0.149 e. The van der Waals surface area contributed by atoms with Gasteiger partial charge in [-0.3, -0.25) is 4.79 Å². The predicted molar refractivity (Wildman–Crippen MR) is 91.6 cm³/mol. The molecule has 3 heteroatoms. The zero-order valence-corrected chi connectivity index (χ0v) is 13.8. The zero-order chi connectivity index (χ0) is 15.6. The summed E-state index contributed by atoms with van der Waals surface area (Å²) in [6, 6.07) is 19.4. The molecule has 2 aromatic rings. The minimum absolute atomic E-state index is 0.237. The summed E-state index contributed by atoms with van der Waals surface area (Å²) >= 11 is 0. The second kappa shape index (κ2) is 5.85. The lowest BCUT2D eigenvalue weighted by Crippen LogP contribution is -2.39. The van der Waals surface area contributed by atoms with Crippen molar-refractivity contribution >= 4 is 23.5 Å². The molecule has 2 aromatic carbocycles. The van der Waals surface area contributed by atoms with E-state index in [1.165, 1.54) is 0 Å². The van der Waals surface area contributed by atoms with Crippen molar-refractivity contribution in [3.63, 3.8) is 0 Å². The van der Waals surface area contributed by atoms with Gasteiger partial charge in [-0.1, -0.05) is 67.6 Å². The average molecular weight is 312 g/mol. The van der Waals surface area contributed by atoms with Crippen LogP contribution in [-0.2, 0) is 9.36 Å². The van der Waals surface area contributed by atoms with Crippen LogP contribution in [0.15, 0.2) is 60.7 Å². The van der Waals surface area contributed by atoms with Crippen LogP contribution < -0.4 is 10.6 Å². The zero-order valence-electron chi connectivity index (χ0n) is 12.9. The van der Waals surface area contributed by atoms with Crippen molar-refractivity contribution < 1.29 is 9.36 Å². The van der Waals surface area contributed by atoms with Gasteiger partial charge in [0.25, 0.3) is 0 Å². The molecule has 114 valence electrons. The first-order valence-corrected chi connectivity index (χ1v) is 9.50. The van der Waals surface area contributed by atoms with Crippen molar-refractivity contribution in [3.05, 3.63) is 60.7 Å². The number of hydrogen-bond donors (Lipinski definition) is 0. The van der Waals surface area contributed by atoms with Crippen LogP contribution >= 0.6 is 7.14 Å². The molecular formula is C19H21O2P. The molecule has 1 aliphatic carbocycles. The van der Waals surface area contributed by atoms with Crippen molar-refractivity contribution in [2.24, 2.45) is 0 Å². The molecule has 22 heavy (non-hydrogen) atoms. The quantitative estimate of drug-likeness (QED) is 0.806. The highest BCUT2D eigenvalue weighted by molar-refractivity contribution is 7.80. The monoisotopic (exact) mass is 312 g/mol. The Labute approximate surface area is 131 Å². The molecule has 0 N–H and O–H groups in total. The Morgan fingerprint density at radius 3 is 1.86 bits per heavy atom. The first-order valence-electron chi connectivity index (χ1n) is 7.79. The lowest BCUT2D eigenvalue weighted by Gasteiger charge is -2.40. The summed E-state index contributed by atoms with van der Waals surface area (Å²) in [6.45, 7) is 2.03. The Bertz CT molecular complexity index is 665. The third-order valence-corrected chi connectivity index (χ3v) is 8.70. The van der Waals surface area contributed by atoms with Crippen LogP contribution in [0.25, 0.3) is 0 Å². The van der Waals surface area contributed by atoms with Crippen LogP contribution in [0.4, 0.5) is 0 Å². The Kier molecular flexibility index (Phi) is 4.06. The maximum absolute atomic E-state index is 14.3. The van der Waals surface area contributed by atoms with E-state index in [9.17, 15) is 9.36 Å². The van der Waals surface area contributed by atoms with E-state index in [0.29, 0.717) is 12.8 Å². The van der Waals surface area contributed by atoms with Gasteiger partial charge in [0.1, 0.15) is 12.9 Å². The molecule has 0 aliphatic heterocycles. The molecule has 2 nitrogen and oxygen atoms in total. The van der Waals surface area contributed by atoms with Crippen molar-refractivity contribution in [1.29, 1.82) is 0 Å². The fourth-order valence-electron chi connectivity index (χ4n) is 3.58. The third kappa shape index (κ3) is 2.46. The number of Topliss-reactive ketones (excluding diaryl/α,β-unsaturated/α-hetero) is 1. The number of ketones is 1. The van der Waals surface area contributed by atoms with E-state index in [1.807, 2.05) is 67.6 Å². The summed E-state index contributed by atoms with van der Waals surface area (Å²) in [7, 11) is -2.87. The molecule has 0 aromatic heterocycles. The van der Waals surface area contributed by atoms with E-state index in [-0.39, 0.29) is 5.78 Å². The van der Waals surface area contributed by atoms with Gasteiger partial charge in [-0.15, -0.1) is 0 Å². The van der Waals surface area contributed by atoms with Gasteiger partial charge in [-0.05, 0) is 12.8 Å². The molecule has 1 fully saturated rings.